The lowest BCUT2D eigenvalue weighted by Crippen LogP contribution is -2.03. The SMILES string of the molecule is Cc1cc(Cl)nc(COc2ccc(F)c(Br)c2)n1. The van der Waals surface area contributed by atoms with Gasteiger partial charge >= 0.3 is 0 Å². The Morgan fingerprint density at radius 3 is 2.78 bits per heavy atom. The molecule has 0 atom stereocenters. The first-order chi connectivity index (χ1) is 8.54. The van der Waals surface area contributed by atoms with E-state index in [1.807, 2.05) is 6.92 Å². The lowest BCUT2D eigenvalue weighted by molar-refractivity contribution is 0.295. The van der Waals surface area contributed by atoms with Crippen molar-refractivity contribution >= 4 is 27.5 Å². The zero-order valence-corrected chi connectivity index (χ0v) is 11.8. The number of hydrogen-bond donors (Lipinski definition) is 0. The van der Waals surface area contributed by atoms with Gasteiger partial charge in [0.2, 0.25) is 0 Å². The second-order valence-electron chi connectivity index (χ2n) is 3.61. The number of halogens is 3. The summed E-state index contributed by atoms with van der Waals surface area (Å²) in [4.78, 5) is 8.22. The third kappa shape index (κ3) is 3.40. The summed E-state index contributed by atoms with van der Waals surface area (Å²) < 4.78 is 18.8. The average Bonchev–Trinajstić information content (AvgIpc) is 2.29. The Bertz CT molecular complexity index is 560. The summed E-state index contributed by atoms with van der Waals surface area (Å²) in [6, 6.07) is 6.08. The number of rotatable bonds is 3. The Morgan fingerprint density at radius 2 is 2.11 bits per heavy atom. The highest BCUT2D eigenvalue weighted by Gasteiger charge is 2.04. The van der Waals surface area contributed by atoms with Crippen LogP contribution in [0.1, 0.15) is 11.5 Å². The van der Waals surface area contributed by atoms with Gasteiger partial charge in [0.25, 0.3) is 0 Å². The number of benzene rings is 1. The van der Waals surface area contributed by atoms with E-state index in [2.05, 4.69) is 25.9 Å². The van der Waals surface area contributed by atoms with Crippen LogP contribution >= 0.6 is 27.5 Å². The van der Waals surface area contributed by atoms with E-state index in [-0.39, 0.29) is 12.4 Å². The predicted molar refractivity (Wildman–Crippen MR) is 70.2 cm³/mol. The van der Waals surface area contributed by atoms with Crippen molar-refractivity contribution in [3.63, 3.8) is 0 Å². The standard InChI is InChI=1S/C12H9BrClFN2O/c1-7-4-11(14)17-12(16-7)6-18-8-2-3-10(15)9(13)5-8/h2-5H,6H2,1H3. The van der Waals surface area contributed by atoms with E-state index in [9.17, 15) is 4.39 Å². The summed E-state index contributed by atoms with van der Waals surface area (Å²) in [5.41, 5.74) is 0.772. The minimum atomic E-state index is -0.336. The molecular weight excluding hydrogens is 322 g/mol. The van der Waals surface area contributed by atoms with Crippen molar-refractivity contribution in [3.05, 3.63) is 51.2 Å². The van der Waals surface area contributed by atoms with E-state index in [4.69, 9.17) is 16.3 Å². The van der Waals surface area contributed by atoms with Crippen molar-refractivity contribution < 1.29 is 9.13 Å². The number of aryl methyl sites for hydroxylation is 1. The molecule has 0 aliphatic rings. The van der Waals surface area contributed by atoms with Crippen LogP contribution in [-0.4, -0.2) is 9.97 Å². The van der Waals surface area contributed by atoms with Crippen LogP contribution in [0.2, 0.25) is 5.15 Å². The van der Waals surface area contributed by atoms with Crippen LogP contribution in [0.3, 0.4) is 0 Å². The van der Waals surface area contributed by atoms with Crippen LogP contribution in [0.15, 0.2) is 28.7 Å². The lowest BCUT2D eigenvalue weighted by atomic mass is 10.3. The topological polar surface area (TPSA) is 35.0 Å². The minimum Gasteiger partial charge on any atom is -0.486 e. The molecule has 0 saturated carbocycles. The zero-order valence-electron chi connectivity index (χ0n) is 9.45. The molecule has 1 aromatic heterocycles. The Kier molecular flexibility index (Phi) is 4.14. The van der Waals surface area contributed by atoms with E-state index in [1.54, 1.807) is 12.1 Å². The first-order valence-corrected chi connectivity index (χ1v) is 6.29. The van der Waals surface area contributed by atoms with E-state index in [0.29, 0.717) is 21.2 Å². The summed E-state index contributed by atoms with van der Waals surface area (Å²) in [6.07, 6.45) is 0. The fraction of sp³-hybridized carbons (Fsp3) is 0.167. The lowest BCUT2D eigenvalue weighted by Gasteiger charge is -2.06. The van der Waals surface area contributed by atoms with Crippen molar-refractivity contribution in [2.24, 2.45) is 0 Å². The van der Waals surface area contributed by atoms with Gasteiger partial charge in [-0.2, -0.15) is 0 Å². The molecule has 1 heterocycles. The molecule has 6 heteroatoms. The molecule has 0 spiro atoms. The second-order valence-corrected chi connectivity index (χ2v) is 4.85. The van der Waals surface area contributed by atoms with Gasteiger partial charge in [-0.25, -0.2) is 14.4 Å². The van der Waals surface area contributed by atoms with Crippen LogP contribution in [-0.2, 0) is 6.61 Å². The highest BCUT2D eigenvalue weighted by molar-refractivity contribution is 9.10. The number of ether oxygens (including phenoxy) is 1. The van der Waals surface area contributed by atoms with E-state index in [1.165, 1.54) is 12.1 Å². The smallest absolute Gasteiger partial charge is 0.167 e. The maximum Gasteiger partial charge on any atom is 0.167 e. The fourth-order valence-electron chi connectivity index (χ4n) is 1.37. The summed E-state index contributed by atoms with van der Waals surface area (Å²) >= 11 is 8.90. The number of nitrogens with zero attached hydrogens (tertiary/aromatic N) is 2. The van der Waals surface area contributed by atoms with E-state index >= 15 is 0 Å². The van der Waals surface area contributed by atoms with Gasteiger partial charge in [0.1, 0.15) is 23.3 Å². The molecule has 0 saturated heterocycles. The Morgan fingerprint density at radius 1 is 1.33 bits per heavy atom. The molecule has 94 valence electrons. The molecule has 0 aliphatic heterocycles. The molecule has 0 aliphatic carbocycles. The molecular formula is C12H9BrClFN2O. The van der Waals surface area contributed by atoms with Crippen molar-refractivity contribution in [2.45, 2.75) is 13.5 Å². The largest absolute Gasteiger partial charge is 0.486 e. The van der Waals surface area contributed by atoms with E-state index < -0.39 is 0 Å². The van der Waals surface area contributed by atoms with Gasteiger partial charge in [-0.3, -0.25) is 0 Å². The van der Waals surface area contributed by atoms with Gasteiger partial charge in [-0.1, -0.05) is 11.6 Å². The van der Waals surface area contributed by atoms with Crippen molar-refractivity contribution in [2.75, 3.05) is 0 Å². The first kappa shape index (κ1) is 13.2. The summed E-state index contributed by atoms with van der Waals surface area (Å²) in [7, 11) is 0. The van der Waals surface area contributed by atoms with Crippen LogP contribution < -0.4 is 4.74 Å². The minimum absolute atomic E-state index is 0.180. The third-order valence-corrected chi connectivity index (χ3v) is 2.93. The van der Waals surface area contributed by atoms with Gasteiger partial charge < -0.3 is 4.74 Å². The van der Waals surface area contributed by atoms with Gasteiger partial charge in [0.15, 0.2) is 5.82 Å². The molecule has 0 bridgehead atoms. The number of hydrogen-bond acceptors (Lipinski definition) is 3. The van der Waals surface area contributed by atoms with Gasteiger partial charge in [-0.15, -0.1) is 0 Å². The fourth-order valence-corrected chi connectivity index (χ4v) is 1.98. The van der Waals surface area contributed by atoms with Crippen LogP contribution in [0.25, 0.3) is 0 Å². The quantitative estimate of drug-likeness (QED) is 0.800. The summed E-state index contributed by atoms with van der Waals surface area (Å²) in [6.45, 7) is 2.00. The molecule has 0 radical (unpaired) electrons. The molecule has 2 aromatic rings. The van der Waals surface area contributed by atoms with Gasteiger partial charge in [0.05, 0.1) is 4.47 Å². The maximum absolute atomic E-state index is 13.0. The Hall–Kier alpha value is -1.20. The molecule has 18 heavy (non-hydrogen) atoms. The molecule has 3 nitrogen and oxygen atoms in total. The van der Waals surface area contributed by atoms with Gasteiger partial charge in [0, 0.05) is 5.69 Å². The highest BCUT2D eigenvalue weighted by atomic mass is 79.9. The Labute approximate surface area is 117 Å². The molecule has 2 rings (SSSR count). The summed E-state index contributed by atoms with van der Waals surface area (Å²) in [5, 5.41) is 0.376. The average molecular weight is 332 g/mol. The molecule has 0 N–H and O–H groups in total. The zero-order chi connectivity index (χ0) is 13.1. The van der Waals surface area contributed by atoms with Crippen LogP contribution in [0, 0.1) is 12.7 Å². The third-order valence-electron chi connectivity index (χ3n) is 2.13. The first-order valence-electron chi connectivity index (χ1n) is 5.12. The second kappa shape index (κ2) is 5.63. The molecule has 0 fully saturated rings. The number of aromatic nitrogens is 2. The monoisotopic (exact) mass is 330 g/mol. The van der Waals surface area contributed by atoms with Crippen molar-refractivity contribution in [3.8, 4) is 5.75 Å². The molecule has 1 aromatic carbocycles. The van der Waals surface area contributed by atoms with Crippen molar-refractivity contribution in [1.82, 2.24) is 9.97 Å². The predicted octanol–water partition coefficient (Wildman–Crippen LogP) is 3.92. The molecule has 0 amide bonds. The Balaban J connectivity index is 2.08. The van der Waals surface area contributed by atoms with E-state index in [0.717, 1.165) is 5.69 Å². The maximum atomic E-state index is 13.0. The normalized spacial score (nSPS) is 10.4. The summed E-state index contributed by atoms with van der Waals surface area (Å²) in [5.74, 6) is 0.683. The van der Waals surface area contributed by atoms with Gasteiger partial charge in [-0.05, 0) is 47.1 Å². The van der Waals surface area contributed by atoms with Crippen LogP contribution in [0.5, 0.6) is 5.75 Å². The van der Waals surface area contributed by atoms with Crippen LogP contribution in [0.4, 0.5) is 4.39 Å². The van der Waals surface area contributed by atoms with Crippen molar-refractivity contribution in [1.29, 1.82) is 0 Å². The highest BCUT2D eigenvalue weighted by Crippen LogP contribution is 2.22. The molecule has 0 unspecified atom stereocenters.